The fraction of sp³-hybridized carbons (Fsp3) is 0.500. The van der Waals surface area contributed by atoms with Gasteiger partial charge in [-0.3, -0.25) is 4.79 Å². The number of benzene rings is 1. The maximum atomic E-state index is 13.5. The van der Waals surface area contributed by atoms with Crippen LogP contribution in [0.4, 0.5) is 14.5 Å². The monoisotopic (exact) mass is 268 g/mol. The zero-order valence-corrected chi connectivity index (χ0v) is 11.1. The molecule has 0 bridgehead atoms. The first-order valence-corrected chi connectivity index (χ1v) is 6.39. The molecule has 3 nitrogen and oxygen atoms in total. The maximum absolute atomic E-state index is 13.5. The number of amides is 1. The number of hydrogen-bond donors (Lipinski definition) is 2. The van der Waals surface area contributed by atoms with Gasteiger partial charge in [0.15, 0.2) is 0 Å². The number of rotatable bonds is 2. The Bertz CT molecular complexity index is 488. The molecule has 1 aliphatic heterocycles. The first-order valence-electron chi connectivity index (χ1n) is 6.39. The molecule has 1 heterocycles. The molecule has 0 aliphatic carbocycles. The molecule has 1 aliphatic rings. The molecule has 0 saturated carbocycles. The Kier molecular flexibility index (Phi) is 3.85. The van der Waals surface area contributed by atoms with Gasteiger partial charge >= 0.3 is 0 Å². The smallest absolute Gasteiger partial charge is 0.242 e. The third-order valence-electron chi connectivity index (χ3n) is 3.58. The van der Waals surface area contributed by atoms with Crippen LogP contribution in [0.2, 0.25) is 0 Å². The van der Waals surface area contributed by atoms with Crippen LogP contribution in [-0.2, 0) is 4.79 Å². The Balaban J connectivity index is 2.12. The zero-order chi connectivity index (χ0) is 14.0. The average molecular weight is 268 g/mol. The van der Waals surface area contributed by atoms with Crippen molar-refractivity contribution in [2.45, 2.75) is 32.7 Å². The van der Waals surface area contributed by atoms with E-state index in [0.717, 1.165) is 31.5 Å². The number of piperidine rings is 1. The number of anilines is 1. The van der Waals surface area contributed by atoms with E-state index >= 15 is 0 Å². The van der Waals surface area contributed by atoms with Gasteiger partial charge in [0, 0.05) is 6.07 Å². The minimum absolute atomic E-state index is 0.00886. The third-order valence-corrected chi connectivity index (χ3v) is 3.58. The molecule has 1 saturated heterocycles. The Morgan fingerprint density at radius 1 is 1.42 bits per heavy atom. The van der Waals surface area contributed by atoms with Crippen molar-refractivity contribution in [1.29, 1.82) is 0 Å². The molecule has 5 heteroatoms. The molecule has 0 aromatic heterocycles. The molecule has 1 unspecified atom stereocenters. The summed E-state index contributed by atoms with van der Waals surface area (Å²) >= 11 is 0. The first-order chi connectivity index (χ1) is 8.90. The van der Waals surface area contributed by atoms with Gasteiger partial charge in [-0.25, -0.2) is 8.78 Å². The van der Waals surface area contributed by atoms with Crippen LogP contribution in [0.25, 0.3) is 0 Å². The number of hydrogen-bond acceptors (Lipinski definition) is 2. The van der Waals surface area contributed by atoms with Crippen molar-refractivity contribution in [3.05, 3.63) is 29.8 Å². The van der Waals surface area contributed by atoms with Gasteiger partial charge in [0.1, 0.15) is 11.6 Å². The normalized spacial score (nSPS) is 22.0. The highest BCUT2D eigenvalue weighted by Crippen LogP contribution is 2.31. The van der Waals surface area contributed by atoms with E-state index in [4.69, 9.17) is 0 Å². The molecule has 1 aromatic carbocycles. The van der Waals surface area contributed by atoms with Gasteiger partial charge < -0.3 is 10.6 Å². The van der Waals surface area contributed by atoms with E-state index in [9.17, 15) is 13.6 Å². The van der Waals surface area contributed by atoms with Crippen LogP contribution in [0.1, 0.15) is 26.7 Å². The molecule has 19 heavy (non-hydrogen) atoms. The second kappa shape index (κ2) is 5.25. The molecule has 1 amide bonds. The van der Waals surface area contributed by atoms with Crippen molar-refractivity contribution in [2.24, 2.45) is 5.41 Å². The molecular weight excluding hydrogens is 250 g/mol. The molecule has 2 rings (SSSR count). The van der Waals surface area contributed by atoms with Gasteiger partial charge in [-0.05, 0) is 36.9 Å². The van der Waals surface area contributed by atoms with Gasteiger partial charge in [0.2, 0.25) is 5.91 Å². The predicted octanol–water partition coefficient (Wildman–Crippen LogP) is 2.68. The van der Waals surface area contributed by atoms with Gasteiger partial charge in [0.25, 0.3) is 0 Å². The van der Waals surface area contributed by atoms with Crippen LogP contribution in [0.5, 0.6) is 0 Å². The van der Waals surface area contributed by atoms with Crippen molar-refractivity contribution in [2.75, 3.05) is 11.9 Å². The molecule has 0 radical (unpaired) electrons. The van der Waals surface area contributed by atoms with E-state index in [0.29, 0.717) is 0 Å². The van der Waals surface area contributed by atoms with E-state index in [1.165, 1.54) is 6.07 Å². The van der Waals surface area contributed by atoms with E-state index in [2.05, 4.69) is 10.6 Å². The van der Waals surface area contributed by atoms with Crippen molar-refractivity contribution in [3.63, 3.8) is 0 Å². The number of carbonyl (C=O) groups excluding carboxylic acids is 1. The summed E-state index contributed by atoms with van der Waals surface area (Å²) in [6, 6.07) is 2.75. The highest BCUT2D eigenvalue weighted by Gasteiger charge is 2.37. The maximum Gasteiger partial charge on any atom is 0.242 e. The van der Waals surface area contributed by atoms with Crippen molar-refractivity contribution < 1.29 is 13.6 Å². The molecule has 1 atom stereocenters. The van der Waals surface area contributed by atoms with Crippen LogP contribution >= 0.6 is 0 Å². The Morgan fingerprint density at radius 2 is 2.16 bits per heavy atom. The molecule has 1 fully saturated rings. The second-order valence-corrected chi connectivity index (χ2v) is 5.59. The Morgan fingerprint density at radius 3 is 2.79 bits per heavy atom. The summed E-state index contributed by atoms with van der Waals surface area (Å²) in [5.41, 5.74) is -0.173. The van der Waals surface area contributed by atoms with Crippen molar-refractivity contribution >= 4 is 11.6 Å². The summed E-state index contributed by atoms with van der Waals surface area (Å²) in [6.07, 6.45) is 1.95. The van der Waals surface area contributed by atoms with E-state index in [-0.39, 0.29) is 23.1 Å². The van der Waals surface area contributed by atoms with Crippen LogP contribution in [0, 0.1) is 17.0 Å². The lowest BCUT2D eigenvalue weighted by Crippen LogP contribution is -2.53. The quantitative estimate of drug-likeness (QED) is 0.866. The molecule has 2 N–H and O–H groups in total. The van der Waals surface area contributed by atoms with Gasteiger partial charge in [-0.15, -0.1) is 0 Å². The minimum atomic E-state index is -0.762. The Labute approximate surface area is 111 Å². The standard InChI is InChI=1S/C14H18F2N2O/c1-14(2)6-3-7-17-12(14)13(19)18-11-5-4-9(15)8-10(11)16/h4-5,8,12,17H,3,6-7H2,1-2H3,(H,18,19). The SMILES string of the molecule is CC1(C)CCCNC1C(=O)Nc1ccc(F)cc1F. The minimum Gasteiger partial charge on any atom is -0.322 e. The topological polar surface area (TPSA) is 41.1 Å². The molecule has 0 spiro atoms. The summed E-state index contributed by atoms with van der Waals surface area (Å²) in [5.74, 6) is -1.70. The van der Waals surface area contributed by atoms with Crippen LogP contribution in [-0.4, -0.2) is 18.5 Å². The van der Waals surface area contributed by atoms with Crippen LogP contribution in [0.3, 0.4) is 0 Å². The lowest BCUT2D eigenvalue weighted by molar-refractivity contribution is -0.121. The lowest BCUT2D eigenvalue weighted by Gasteiger charge is -2.38. The van der Waals surface area contributed by atoms with E-state index in [1.54, 1.807) is 0 Å². The summed E-state index contributed by atoms with van der Waals surface area (Å²) in [7, 11) is 0. The highest BCUT2D eigenvalue weighted by atomic mass is 19.1. The van der Waals surface area contributed by atoms with Gasteiger partial charge in [-0.2, -0.15) is 0 Å². The van der Waals surface area contributed by atoms with Crippen molar-refractivity contribution in [3.8, 4) is 0 Å². The zero-order valence-electron chi connectivity index (χ0n) is 11.1. The third kappa shape index (κ3) is 3.10. The fourth-order valence-corrected chi connectivity index (χ4v) is 2.45. The second-order valence-electron chi connectivity index (χ2n) is 5.59. The molecule has 104 valence electrons. The predicted molar refractivity (Wildman–Crippen MR) is 69.8 cm³/mol. The van der Waals surface area contributed by atoms with E-state index in [1.807, 2.05) is 13.8 Å². The lowest BCUT2D eigenvalue weighted by atomic mass is 9.77. The first kappa shape index (κ1) is 13.9. The number of halogens is 2. The summed E-state index contributed by atoms with van der Waals surface area (Å²) in [5, 5.41) is 5.67. The number of carbonyl (C=O) groups is 1. The van der Waals surface area contributed by atoms with Crippen LogP contribution < -0.4 is 10.6 Å². The highest BCUT2D eigenvalue weighted by molar-refractivity contribution is 5.95. The summed E-state index contributed by atoms with van der Waals surface area (Å²) in [4.78, 5) is 12.2. The van der Waals surface area contributed by atoms with Gasteiger partial charge in [-0.1, -0.05) is 13.8 Å². The van der Waals surface area contributed by atoms with Crippen molar-refractivity contribution in [1.82, 2.24) is 5.32 Å². The number of nitrogens with one attached hydrogen (secondary N) is 2. The average Bonchev–Trinajstić information content (AvgIpc) is 2.32. The fourth-order valence-electron chi connectivity index (χ4n) is 2.45. The largest absolute Gasteiger partial charge is 0.322 e. The molecular formula is C14H18F2N2O. The van der Waals surface area contributed by atoms with E-state index < -0.39 is 11.6 Å². The van der Waals surface area contributed by atoms with Crippen LogP contribution in [0.15, 0.2) is 18.2 Å². The Hall–Kier alpha value is -1.49. The summed E-state index contributed by atoms with van der Waals surface area (Å²) < 4.78 is 26.3. The molecule has 1 aromatic rings. The van der Waals surface area contributed by atoms with Gasteiger partial charge in [0.05, 0.1) is 11.7 Å². The summed E-state index contributed by atoms with van der Waals surface area (Å²) in [6.45, 7) is 4.78.